The smallest absolute Gasteiger partial charge is 0.293 e. The van der Waals surface area contributed by atoms with Gasteiger partial charge in [-0.15, -0.1) is 0 Å². The first-order chi connectivity index (χ1) is 13.0. The van der Waals surface area contributed by atoms with Gasteiger partial charge < -0.3 is 9.40 Å². The number of imidazole rings is 1. The van der Waals surface area contributed by atoms with Gasteiger partial charge in [-0.3, -0.25) is 14.5 Å². The van der Waals surface area contributed by atoms with Crippen LogP contribution in [-0.4, -0.2) is 32.1 Å². The highest BCUT2D eigenvalue weighted by Gasteiger charge is 2.37. The predicted octanol–water partition coefficient (Wildman–Crippen LogP) is 5.14. The average Bonchev–Trinajstić information content (AvgIpc) is 3.33. The van der Waals surface area contributed by atoms with Gasteiger partial charge in [0.2, 0.25) is 0 Å². The zero-order valence-electron chi connectivity index (χ0n) is 14.8. The van der Waals surface area contributed by atoms with E-state index in [1.165, 1.54) is 16.7 Å². The average molecular weight is 399 g/mol. The standard InChI is InChI=1S/C19H17N3O3S2/c1-3-11(2)22-17(23)15(26-19(22)24)10-12-8-9-16(25-12)27-18-20-13-6-4-5-7-14(13)21-18/h4-11H,3H2,1-2H3,(H,20,21). The molecule has 0 bridgehead atoms. The molecule has 1 atom stereocenters. The molecule has 0 spiro atoms. The zero-order chi connectivity index (χ0) is 19.0. The lowest BCUT2D eigenvalue weighted by molar-refractivity contribution is -0.124. The van der Waals surface area contributed by atoms with Crippen LogP contribution in [0.3, 0.4) is 0 Å². The van der Waals surface area contributed by atoms with Gasteiger partial charge in [-0.2, -0.15) is 0 Å². The molecule has 1 fully saturated rings. The molecule has 1 aromatic carbocycles. The van der Waals surface area contributed by atoms with Crippen molar-refractivity contribution in [3.63, 3.8) is 0 Å². The number of carbonyl (C=O) groups is 2. The van der Waals surface area contributed by atoms with Gasteiger partial charge in [-0.25, -0.2) is 4.98 Å². The van der Waals surface area contributed by atoms with Crippen molar-refractivity contribution < 1.29 is 14.0 Å². The van der Waals surface area contributed by atoms with Gasteiger partial charge in [0.1, 0.15) is 5.76 Å². The van der Waals surface area contributed by atoms with Crippen LogP contribution < -0.4 is 0 Å². The summed E-state index contributed by atoms with van der Waals surface area (Å²) in [7, 11) is 0. The molecular formula is C19H17N3O3S2. The maximum Gasteiger partial charge on any atom is 0.293 e. The normalized spacial score (nSPS) is 17.4. The number of hydrogen-bond acceptors (Lipinski definition) is 6. The Kier molecular flexibility index (Phi) is 4.84. The number of para-hydroxylation sites is 2. The summed E-state index contributed by atoms with van der Waals surface area (Å²) < 4.78 is 5.78. The van der Waals surface area contributed by atoms with E-state index in [-0.39, 0.29) is 17.2 Å². The first-order valence-electron chi connectivity index (χ1n) is 8.54. The Labute approximate surface area is 164 Å². The van der Waals surface area contributed by atoms with E-state index < -0.39 is 0 Å². The zero-order valence-corrected chi connectivity index (χ0v) is 16.4. The second kappa shape index (κ2) is 7.28. The largest absolute Gasteiger partial charge is 0.450 e. The van der Waals surface area contributed by atoms with Gasteiger partial charge in [0, 0.05) is 12.1 Å². The van der Waals surface area contributed by atoms with Gasteiger partial charge in [0.25, 0.3) is 11.1 Å². The Morgan fingerprint density at radius 2 is 2.11 bits per heavy atom. The number of carbonyl (C=O) groups excluding carboxylic acids is 2. The molecule has 0 aliphatic carbocycles. The first-order valence-corrected chi connectivity index (χ1v) is 10.2. The fraction of sp³-hybridized carbons (Fsp3) is 0.211. The Balaban J connectivity index is 1.52. The van der Waals surface area contributed by atoms with Gasteiger partial charge in [0.15, 0.2) is 10.2 Å². The number of aromatic nitrogens is 2. The fourth-order valence-corrected chi connectivity index (χ4v) is 4.39. The molecule has 8 heteroatoms. The predicted molar refractivity (Wildman–Crippen MR) is 106 cm³/mol. The van der Waals surface area contributed by atoms with Crippen molar-refractivity contribution in [3.8, 4) is 0 Å². The number of H-pyrrole nitrogens is 1. The van der Waals surface area contributed by atoms with Gasteiger partial charge in [0.05, 0.1) is 15.9 Å². The summed E-state index contributed by atoms with van der Waals surface area (Å²) in [6, 6.07) is 11.3. The molecule has 4 rings (SSSR count). The lowest BCUT2D eigenvalue weighted by atomic mass is 10.2. The Morgan fingerprint density at radius 1 is 1.30 bits per heavy atom. The monoisotopic (exact) mass is 399 g/mol. The highest BCUT2D eigenvalue weighted by atomic mass is 32.2. The molecule has 1 N–H and O–H groups in total. The van der Waals surface area contributed by atoms with Crippen LogP contribution in [0, 0.1) is 0 Å². The quantitative estimate of drug-likeness (QED) is 0.598. The third-order valence-corrected chi connectivity index (χ3v) is 5.99. The minimum atomic E-state index is -0.262. The number of aromatic amines is 1. The second-order valence-electron chi connectivity index (χ2n) is 6.13. The van der Waals surface area contributed by atoms with Crippen molar-refractivity contribution in [3.05, 3.63) is 47.1 Å². The van der Waals surface area contributed by atoms with Crippen LogP contribution in [-0.2, 0) is 4.79 Å². The molecule has 1 aliphatic rings. The van der Waals surface area contributed by atoms with Crippen LogP contribution in [0.4, 0.5) is 4.79 Å². The summed E-state index contributed by atoms with van der Waals surface area (Å²) in [5, 5.41) is 1.15. The second-order valence-corrected chi connectivity index (χ2v) is 8.11. The first kappa shape index (κ1) is 17.9. The van der Waals surface area contributed by atoms with Crippen LogP contribution in [0.2, 0.25) is 0 Å². The van der Waals surface area contributed by atoms with E-state index in [1.807, 2.05) is 44.2 Å². The summed E-state index contributed by atoms with van der Waals surface area (Å²) in [5.74, 6) is 0.269. The molecule has 0 saturated carbocycles. The Hall–Kier alpha value is -2.45. The minimum absolute atomic E-state index is 0.112. The van der Waals surface area contributed by atoms with Crippen molar-refractivity contribution in [2.24, 2.45) is 0 Å². The van der Waals surface area contributed by atoms with Crippen LogP contribution in [0.1, 0.15) is 26.0 Å². The molecule has 1 saturated heterocycles. The number of benzene rings is 1. The number of thioether (sulfide) groups is 1. The van der Waals surface area contributed by atoms with E-state index in [0.29, 0.717) is 15.8 Å². The molecule has 2 amide bonds. The molecule has 6 nitrogen and oxygen atoms in total. The van der Waals surface area contributed by atoms with Crippen molar-refractivity contribution in [1.82, 2.24) is 14.9 Å². The number of nitrogens with one attached hydrogen (secondary N) is 1. The SMILES string of the molecule is CCC(C)N1C(=O)SC(=Cc2ccc(Sc3nc4ccccc4[nH]3)o2)C1=O. The van der Waals surface area contributed by atoms with Crippen molar-refractivity contribution in [1.29, 1.82) is 0 Å². The van der Waals surface area contributed by atoms with Crippen LogP contribution in [0.5, 0.6) is 0 Å². The molecule has 2 aromatic heterocycles. The summed E-state index contributed by atoms with van der Waals surface area (Å²) in [6.45, 7) is 3.82. The lowest BCUT2D eigenvalue weighted by Crippen LogP contribution is -2.36. The van der Waals surface area contributed by atoms with Gasteiger partial charge >= 0.3 is 0 Å². The Morgan fingerprint density at radius 3 is 2.89 bits per heavy atom. The maximum atomic E-state index is 12.5. The third kappa shape index (κ3) is 3.54. The van der Waals surface area contributed by atoms with Crippen LogP contribution in [0.15, 0.2) is 56.0 Å². The summed E-state index contributed by atoms with van der Waals surface area (Å²) in [6.07, 6.45) is 2.35. The highest BCUT2D eigenvalue weighted by molar-refractivity contribution is 8.18. The van der Waals surface area contributed by atoms with Crippen LogP contribution >= 0.6 is 23.5 Å². The van der Waals surface area contributed by atoms with E-state index in [2.05, 4.69) is 9.97 Å². The minimum Gasteiger partial charge on any atom is -0.450 e. The fourth-order valence-electron chi connectivity index (χ4n) is 2.71. The van der Waals surface area contributed by atoms with E-state index >= 15 is 0 Å². The van der Waals surface area contributed by atoms with Gasteiger partial charge in [-0.05, 0) is 61.1 Å². The van der Waals surface area contributed by atoms with E-state index in [9.17, 15) is 9.59 Å². The van der Waals surface area contributed by atoms with E-state index in [1.54, 1.807) is 12.1 Å². The molecule has 27 heavy (non-hydrogen) atoms. The Bertz CT molecular complexity index is 1020. The van der Waals surface area contributed by atoms with Crippen molar-refractivity contribution in [2.45, 2.75) is 36.6 Å². The summed E-state index contributed by atoms with van der Waals surface area (Å²) >= 11 is 2.32. The molecule has 0 radical (unpaired) electrons. The van der Waals surface area contributed by atoms with Gasteiger partial charge in [-0.1, -0.05) is 19.1 Å². The number of amides is 2. The number of furan rings is 1. The maximum absolute atomic E-state index is 12.5. The molecule has 3 aromatic rings. The summed E-state index contributed by atoms with van der Waals surface area (Å²) in [5.41, 5.74) is 1.86. The number of imide groups is 1. The number of fused-ring (bicyclic) bond motifs is 1. The molecule has 138 valence electrons. The number of hydrogen-bond donors (Lipinski definition) is 1. The summed E-state index contributed by atoms with van der Waals surface area (Å²) in [4.78, 5) is 34.0. The highest BCUT2D eigenvalue weighted by Crippen LogP contribution is 2.35. The van der Waals surface area contributed by atoms with Crippen molar-refractivity contribution in [2.75, 3.05) is 0 Å². The molecule has 3 heterocycles. The number of nitrogens with zero attached hydrogens (tertiary/aromatic N) is 2. The van der Waals surface area contributed by atoms with E-state index in [0.717, 1.165) is 34.4 Å². The topological polar surface area (TPSA) is 79.2 Å². The molecule has 1 unspecified atom stereocenters. The number of rotatable bonds is 5. The molecule has 1 aliphatic heterocycles. The van der Waals surface area contributed by atoms with Crippen LogP contribution in [0.25, 0.3) is 17.1 Å². The van der Waals surface area contributed by atoms with E-state index in [4.69, 9.17) is 4.42 Å². The third-order valence-electron chi connectivity index (χ3n) is 4.30. The van der Waals surface area contributed by atoms with Crippen molar-refractivity contribution >= 4 is 51.8 Å². The lowest BCUT2D eigenvalue weighted by Gasteiger charge is -2.19. The molecular weight excluding hydrogens is 382 g/mol.